The van der Waals surface area contributed by atoms with Crippen LogP contribution in [0.15, 0.2) is 30.6 Å². The van der Waals surface area contributed by atoms with E-state index in [-0.39, 0.29) is 5.91 Å². The van der Waals surface area contributed by atoms with E-state index in [0.717, 1.165) is 10.1 Å². The molecule has 0 spiro atoms. The molecule has 102 valence electrons. The van der Waals surface area contributed by atoms with Crippen LogP contribution in [0.1, 0.15) is 9.67 Å². The molecule has 0 radical (unpaired) electrons. The minimum atomic E-state index is -0.257. The quantitative estimate of drug-likeness (QED) is 0.764. The number of halogens is 1. The first-order valence-electron chi connectivity index (χ1n) is 5.83. The predicted octanol–water partition coefficient (Wildman–Crippen LogP) is 3.12. The number of rotatable bonds is 2. The Morgan fingerprint density at radius 1 is 1.50 bits per heavy atom. The number of amides is 1. The number of nitrogens with zero attached hydrogens (tertiary/aromatic N) is 2. The lowest BCUT2D eigenvalue weighted by atomic mass is 10.2. The molecule has 0 saturated heterocycles. The molecule has 0 unspecified atom stereocenters. The number of aromatic nitrogens is 2. The lowest BCUT2D eigenvalue weighted by Crippen LogP contribution is -2.11. The van der Waals surface area contributed by atoms with Crippen LogP contribution in [0.3, 0.4) is 0 Å². The molecule has 0 saturated carbocycles. The molecule has 2 heterocycles. The van der Waals surface area contributed by atoms with Crippen LogP contribution in [0.2, 0.25) is 5.02 Å². The molecule has 0 fully saturated rings. The summed E-state index contributed by atoms with van der Waals surface area (Å²) in [6, 6.07) is 5.49. The molecule has 3 N–H and O–H groups in total. The second-order valence-electron chi connectivity index (χ2n) is 4.31. The number of hydrogen-bond acceptors (Lipinski definition) is 4. The highest BCUT2D eigenvalue weighted by molar-refractivity contribution is 7.21. The van der Waals surface area contributed by atoms with E-state index in [1.165, 1.54) is 11.3 Å². The highest BCUT2D eigenvalue weighted by Crippen LogP contribution is 2.38. The van der Waals surface area contributed by atoms with Gasteiger partial charge in [0.2, 0.25) is 0 Å². The lowest BCUT2D eigenvalue weighted by Gasteiger charge is -2.01. The molecule has 0 aliphatic carbocycles. The summed E-state index contributed by atoms with van der Waals surface area (Å²) in [5.74, 6) is -0.257. The minimum absolute atomic E-state index is 0.257. The maximum Gasteiger partial charge on any atom is 0.267 e. The monoisotopic (exact) mass is 306 g/mol. The van der Waals surface area contributed by atoms with E-state index in [9.17, 15) is 4.79 Å². The fraction of sp³-hybridized carbons (Fsp3) is 0.0769. The van der Waals surface area contributed by atoms with E-state index in [4.69, 9.17) is 17.3 Å². The van der Waals surface area contributed by atoms with Crippen molar-refractivity contribution in [3.63, 3.8) is 0 Å². The SMILES string of the molecule is Cn1cc(NC(=O)c2sc3cccc(Cl)c3c2N)cn1. The average Bonchev–Trinajstić information content (AvgIpc) is 2.95. The third-order valence-corrected chi connectivity index (χ3v) is 4.35. The molecule has 7 heteroatoms. The summed E-state index contributed by atoms with van der Waals surface area (Å²) < 4.78 is 2.51. The van der Waals surface area contributed by atoms with E-state index in [1.807, 2.05) is 12.1 Å². The van der Waals surface area contributed by atoms with Crippen molar-refractivity contribution in [2.45, 2.75) is 0 Å². The fourth-order valence-electron chi connectivity index (χ4n) is 1.97. The Labute approximate surface area is 124 Å². The molecule has 1 amide bonds. The van der Waals surface area contributed by atoms with Crippen LogP contribution in [-0.2, 0) is 7.05 Å². The van der Waals surface area contributed by atoms with Gasteiger partial charge in [-0.2, -0.15) is 5.10 Å². The second kappa shape index (κ2) is 4.81. The first-order valence-corrected chi connectivity index (χ1v) is 7.02. The van der Waals surface area contributed by atoms with Crippen LogP contribution in [0.4, 0.5) is 11.4 Å². The van der Waals surface area contributed by atoms with Crippen LogP contribution in [-0.4, -0.2) is 15.7 Å². The number of fused-ring (bicyclic) bond motifs is 1. The van der Waals surface area contributed by atoms with Gasteiger partial charge in [0.25, 0.3) is 5.91 Å². The highest BCUT2D eigenvalue weighted by Gasteiger charge is 2.18. The smallest absolute Gasteiger partial charge is 0.267 e. The van der Waals surface area contributed by atoms with Crippen LogP contribution < -0.4 is 11.1 Å². The van der Waals surface area contributed by atoms with E-state index in [0.29, 0.717) is 21.3 Å². The number of thiophene rings is 1. The molecule has 0 aliphatic rings. The number of hydrogen-bond donors (Lipinski definition) is 2. The van der Waals surface area contributed by atoms with Gasteiger partial charge in [0, 0.05) is 23.3 Å². The average molecular weight is 307 g/mol. The van der Waals surface area contributed by atoms with Gasteiger partial charge in [-0.1, -0.05) is 17.7 Å². The predicted molar refractivity (Wildman–Crippen MR) is 82.4 cm³/mol. The van der Waals surface area contributed by atoms with Crippen molar-refractivity contribution in [1.82, 2.24) is 9.78 Å². The molecule has 1 aromatic carbocycles. The molecule has 3 rings (SSSR count). The topological polar surface area (TPSA) is 72.9 Å². The molecule has 0 atom stereocenters. The Morgan fingerprint density at radius 3 is 2.95 bits per heavy atom. The molecule has 3 aromatic rings. The Kier molecular flexibility index (Phi) is 3.11. The van der Waals surface area contributed by atoms with E-state index in [2.05, 4.69) is 10.4 Å². The van der Waals surface area contributed by atoms with Crippen LogP contribution in [0, 0.1) is 0 Å². The second-order valence-corrected chi connectivity index (χ2v) is 5.77. The summed E-state index contributed by atoms with van der Waals surface area (Å²) in [7, 11) is 1.78. The Morgan fingerprint density at radius 2 is 2.30 bits per heavy atom. The number of benzene rings is 1. The number of carbonyl (C=O) groups is 1. The van der Waals surface area contributed by atoms with Crippen molar-refractivity contribution < 1.29 is 4.79 Å². The van der Waals surface area contributed by atoms with Crippen molar-refractivity contribution in [2.75, 3.05) is 11.1 Å². The van der Waals surface area contributed by atoms with Gasteiger partial charge in [-0.05, 0) is 12.1 Å². The molecule has 5 nitrogen and oxygen atoms in total. The van der Waals surface area contributed by atoms with Gasteiger partial charge in [-0.25, -0.2) is 0 Å². The van der Waals surface area contributed by atoms with Gasteiger partial charge in [0.05, 0.1) is 22.6 Å². The standard InChI is InChI=1S/C13H11ClN4OS/c1-18-6-7(5-16-18)17-13(19)12-11(15)10-8(14)3-2-4-9(10)20-12/h2-6H,15H2,1H3,(H,17,19). The number of nitrogen functional groups attached to an aromatic ring is 1. The van der Waals surface area contributed by atoms with Gasteiger partial charge < -0.3 is 11.1 Å². The number of nitrogens with one attached hydrogen (secondary N) is 1. The zero-order chi connectivity index (χ0) is 14.3. The largest absolute Gasteiger partial charge is 0.397 e. The van der Waals surface area contributed by atoms with Gasteiger partial charge in [-0.15, -0.1) is 11.3 Å². The molecular formula is C13H11ClN4OS. The summed E-state index contributed by atoms with van der Waals surface area (Å²) in [4.78, 5) is 12.7. The maximum absolute atomic E-state index is 12.3. The first-order chi connectivity index (χ1) is 9.56. The summed E-state index contributed by atoms with van der Waals surface area (Å²) in [5.41, 5.74) is 7.08. The fourth-order valence-corrected chi connectivity index (χ4v) is 3.35. The summed E-state index contributed by atoms with van der Waals surface area (Å²) in [6.45, 7) is 0. The number of nitrogens with two attached hydrogens (primary N) is 1. The summed E-state index contributed by atoms with van der Waals surface area (Å²) in [6.07, 6.45) is 3.29. The molecule has 0 aliphatic heterocycles. The molecular weight excluding hydrogens is 296 g/mol. The lowest BCUT2D eigenvalue weighted by molar-refractivity contribution is 0.103. The summed E-state index contributed by atoms with van der Waals surface area (Å²) >= 11 is 7.45. The van der Waals surface area contributed by atoms with E-state index in [1.54, 1.807) is 30.2 Å². The van der Waals surface area contributed by atoms with Crippen molar-refractivity contribution in [1.29, 1.82) is 0 Å². The highest BCUT2D eigenvalue weighted by atomic mass is 35.5. The number of aryl methyl sites for hydroxylation is 1. The van der Waals surface area contributed by atoms with Crippen molar-refractivity contribution in [3.05, 3.63) is 40.5 Å². The van der Waals surface area contributed by atoms with E-state index >= 15 is 0 Å². The normalized spacial score (nSPS) is 10.9. The Bertz CT molecular complexity index is 808. The van der Waals surface area contributed by atoms with Gasteiger partial charge in [-0.3, -0.25) is 9.48 Å². The third-order valence-electron chi connectivity index (χ3n) is 2.87. The Hall–Kier alpha value is -2.05. The van der Waals surface area contributed by atoms with Crippen molar-refractivity contribution in [3.8, 4) is 0 Å². The number of carbonyl (C=O) groups excluding carboxylic acids is 1. The molecule has 20 heavy (non-hydrogen) atoms. The van der Waals surface area contributed by atoms with Gasteiger partial charge >= 0.3 is 0 Å². The summed E-state index contributed by atoms with van der Waals surface area (Å²) in [5, 5.41) is 8.05. The maximum atomic E-state index is 12.3. The molecule has 2 aromatic heterocycles. The Balaban J connectivity index is 1.99. The first kappa shape index (κ1) is 13.0. The van der Waals surface area contributed by atoms with Crippen LogP contribution >= 0.6 is 22.9 Å². The van der Waals surface area contributed by atoms with E-state index < -0.39 is 0 Å². The van der Waals surface area contributed by atoms with Gasteiger partial charge in [0.15, 0.2) is 0 Å². The third kappa shape index (κ3) is 2.13. The number of anilines is 2. The van der Waals surface area contributed by atoms with Gasteiger partial charge in [0.1, 0.15) is 4.88 Å². The molecule has 0 bridgehead atoms. The zero-order valence-corrected chi connectivity index (χ0v) is 12.1. The van der Waals surface area contributed by atoms with Crippen molar-refractivity contribution >= 4 is 50.3 Å². The van der Waals surface area contributed by atoms with Crippen LogP contribution in [0.25, 0.3) is 10.1 Å². The van der Waals surface area contributed by atoms with Crippen LogP contribution in [0.5, 0.6) is 0 Å². The van der Waals surface area contributed by atoms with Crippen molar-refractivity contribution in [2.24, 2.45) is 7.05 Å². The minimum Gasteiger partial charge on any atom is -0.397 e. The zero-order valence-electron chi connectivity index (χ0n) is 10.6.